The van der Waals surface area contributed by atoms with Gasteiger partial charge in [0.2, 0.25) is 11.7 Å². The van der Waals surface area contributed by atoms with Gasteiger partial charge in [-0.1, -0.05) is 0 Å². The standard InChI is InChI=1S/C22H25NO7S/c1-7-30-22(26)18-12(2)20(13(3)24)31-21(18)23-17(25)9-8-14-10-15(27-4)19(29-6)16(11-14)28-5/h8-11H,7H2,1-6H3,(H,23,25)/b9-8+. The van der Waals surface area contributed by atoms with Crippen LogP contribution in [0.4, 0.5) is 5.00 Å². The zero-order valence-electron chi connectivity index (χ0n) is 18.3. The highest BCUT2D eigenvalue weighted by Crippen LogP contribution is 2.38. The van der Waals surface area contributed by atoms with Crippen LogP contribution in [0.15, 0.2) is 18.2 Å². The maximum atomic E-state index is 12.5. The van der Waals surface area contributed by atoms with Gasteiger partial charge in [0.15, 0.2) is 17.3 Å². The first kappa shape index (κ1) is 23.9. The van der Waals surface area contributed by atoms with Crippen LogP contribution in [0.25, 0.3) is 6.08 Å². The smallest absolute Gasteiger partial charge is 0.341 e. The fourth-order valence-corrected chi connectivity index (χ4v) is 4.00. The van der Waals surface area contributed by atoms with E-state index >= 15 is 0 Å². The minimum Gasteiger partial charge on any atom is -0.493 e. The third kappa shape index (κ3) is 5.43. The Labute approximate surface area is 184 Å². The molecule has 0 unspecified atom stereocenters. The summed E-state index contributed by atoms with van der Waals surface area (Å²) in [5.41, 5.74) is 1.31. The highest BCUT2D eigenvalue weighted by molar-refractivity contribution is 7.18. The second-order valence-electron chi connectivity index (χ2n) is 6.32. The van der Waals surface area contributed by atoms with Gasteiger partial charge in [0.25, 0.3) is 0 Å². The van der Waals surface area contributed by atoms with Crippen LogP contribution in [0.3, 0.4) is 0 Å². The van der Waals surface area contributed by atoms with Crippen LogP contribution in [0, 0.1) is 6.92 Å². The quantitative estimate of drug-likeness (QED) is 0.351. The molecule has 1 amide bonds. The lowest BCUT2D eigenvalue weighted by Gasteiger charge is -2.12. The van der Waals surface area contributed by atoms with Gasteiger partial charge in [0.05, 0.1) is 38.4 Å². The van der Waals surface area contributed by atoms with Gasteiger partial charge in [-0.3, -0.25) is 9.59 Å². The molecule has 0 atom stereocenters. The van der Waals surface area contributed by atoms with Crippen LogP contribution in [0.1, 0.15) is 45.0 Å². The molecule has 1 aromatic heterocycles. The van der Waals surface area contributed by atoms with Crippen molar-refractivity contribution < 1.29 is 33.3 Å². The van der Waals surface area contributed by atoms with Crippen molar-refractivity contribution in [2.45, 2.75) is 20.8 Å². The number of carbonyl (C=O) groups excluding carboxylic acids is 3. The molecule has 0 saturated carbocycles. The molecule has 0 bridgehead atoms. The van der Waals surface area contributed by atoms with E-state index in [-0.39, 0.29) is 23.0 Å². The molecule has 0 aliphatic carbocycles. The molecule has 0 aliphatic heterocycles. The van der Waals surface area contributed by atoms with E-state index in [0.29, 0.717) is 33.3 Å². The van der Waals surface area contributed by atoms with Gasteiger partial charge in [-0.05, 0) is 50.1 Å². The Hall–Kier alpha value is -3.33. The Morgan fingerprint density at radius 3 is 2.16 bits per heavy atom. The van der Waals surface area contributed by atoms with E-state index in [0.717, 1.165) is 11.3 Å². The van der Waals surface area contributed by atoms with E-state index in [9.17, 15) is 14.4 Å². The number of Topliss-reactive ketones (excluding diaryl/α,β-unsaturated/α-hetero) is 1. The first-order chi connectivity index (χ1) is 14.8. The van der Waals surface area contributed by atoms with Crippen LogP contribution >= 0.6 is 11.3 Å². The number of methoxy groups -OCH3 is 3. The number of rotatable bonds is 9. The van der Waals surface area contributed by atoms with Crippen LogP contribution in [0.2, 0.25) is 0 Å². The van der Waals surface area contributed by atoms with Gasteiger partial charge < -0.3 is 24.3 Å². The molecule has 0 spiro atoms. The molecule has 31 heavy (non-hydrogen) atoms. The van der Waals surface area contributed by atoms with E-state index < -0.39 is 11.9 Å². The molecule has 1 N–H and O–H groups in total. The third-order valence-corrected chi connectivity index (χ3v) is 5.61. The predicted octanol–water partition coefficient (Wildman–Crippen LogP) is 4.11. The molecular weight excluding hydrogens is 422 g/mol. The maximum absolute atomic E-state index is 12.5. The Bertz CT molecular complexity index is 998. The number of benzene rings is 1. The molecule has 0 aliphatic rings. The van der Waals surface area contributed by atoms with Gasteiger partial charge in [-0.15, -0.1) is 11.3 Å². The second-order valence-corrected chi connectivity index (χ2v) is 7.34. The Kier molecular flexibility index (Phi) is 8.21. The molecule has 0 fully saturated rings. The molecule has 1 heterocycles. The number of carbonyl (C=O) groups is 3. The van der Waals surface area contributed by atoms with Gasteiger partial charge in [0.1, 0.15) is 5.00 Å². The number of nitrogens with one attached hydrogen (secondary N) is 1. The number of thiophene rings is 1. The molecule has 166 valence electrons. The van der Waals surface area contributed by atoms with E-state index in [4.69, 9.17) is 18.9 Å². The predicted molar refractivity (Wildman–Crippen MR) is 119 cm³/mol. The summed E-state index contributed by atoms with van der Waals surface area (Å²) in [7, 11) is 4.50. The normalized spacial score (nSPS) is 10.6. The van der Waals surface area contributed by atoms with Gasteiger partial charge >= 0.3 is 5.97 Å². The van der Waals surface area contributed by atoms with Crippen molar-refractivity contribution >= 4 is 40.1 Å². The number of ether oxygens (including phenoxy) is 4. The Morgan fingerprint density at radius 2 is 1.68 bits per heavy atom. The lowest BCUT2D eigenvalue weighted by Crippen LogP contribution is -2.12. The first-order valence-corrected chi connectivity index (χ1v) is 10.2. The maximum Gasteiger partial charge on any atom is 0.341 e. The Balaban J connectivity index is 2.32. The SMILES string of the molecule is CCOC(=O)c1c(NC(=O)/C=C/c2cc(OC)c(OC)c(OC)c2)sc(C(C)=O)c1C. The molecule has 2 aromatic rings. The fourth-order valence-electron chi connectivity index (χ4n) is 2.91. The van der Waals surface area contributed by atoms with Crippen molar-refractivity contribution in [1.82, 2.24) is 0 Å². The average Bonchev–Trinajstić information content (AvgIpc) is 3.07. The molecule has 8 nitrogen and oxygen atoms in total. The highest BCUT2D eigenvalue weighted by Gasteiger charge is 2.24. The molecule has 0 radical (unpaired) electrons. The van der Waals surface area contributed by atoms with Gasteiger partial charge in [0, 0.05) is 6.08 Å². The number of hydrogen-bond donors (Lipinski definition) is 1. The third-order valence-electron chi connectivity index (χ3n) is 4.30. The van der Waals surface area contributed by atoms with Crippen LogP contribution in [-0.2, 0) is 9.53 Å². The summed E-state index contributed by atoms with van der Waals surface area (Å²) >= 11 is 1.04. The van der Waals surface area contributed by atoms with E-state index in [1.165, 1.54) is 34.3 Å². The zero-order valence-corrected chi connectivity index (χ0v) is 19.1. The summed E-state index contributed by atoms with van der Waals surface area (Å²) in [6.07, 6.45) is 2.87. The van der Waals surface area contributed by atoms with E-state index in [1.54, 1.807) is 32.1 Å². The number of esters is 1. The van der Waals surface area contributed by atoms with Crippen molar-refractivity contribution in [3.63, 3.8) is 0 Å². The summed E-state index contributed by atoms with van der Waals surface area (Å²) in [6, 6.07) is 3.39. The topological polar surface area (TPSA) is 100 Å². The van der Waals surface area contributed by atoms with Gasteiger partial charge in [-0.2, -0.15) is 0 Å². The summed E-state index contributed by atoms with van der Waals surface area (Å²) in [5.74, 6) is 0.0827. The summed E-state index contributed by atoms with van der Waals surface area (Å²) in [6.45, 7) is 4.92. The molecule has 1 aromatic carbocycles. The van der Waals surface area contributed by atoms with Crippen molar-refractivity contribution in [3.05, 3.63) is 39.8 Å². The molecule has 2 rings (SSSR count). The van der Waals surface area contributed by atoms with Crippen LogP contribution in [0.5, 0.6) is 17.2 Å². The van der Waals surface area contributed by atoms with Crippen LogP contribution < -0.4 is 19.5 Å². The molecule has 0 saturated heterocycles. The minimum atomic E-state index is -0.590. The first-order valence-electron chi connectivity index (χ1n) is 9.37. The van der Waals surface area contributed by atoms with Crippen LogP contribution in [-0.4, -0.2) is 45.6 Å². The molecular formula is C22H25NO7S. The fraction of sp³-hybridized carbons (Fsp3) is 0.318. The zero-order chi connectivity index (χ0) is 23.1. The Morgan fingerprint density at radius 1 is 1.06 bits per heavy atom. The van der Waals surface area contributed by atoms with Gasteiger partial charge in [-0.25, -0.2) is 4.79 Å². The lowest BCUT2D eigenvalue weighted by molar-refractivity contribution is -0.111. The molecule has 9 heteroatoms. The number of ketones is 1. The second kappa shape index (κ2) is 10.6. The summed E-state index contributed by atoms with van der Waals surface area (Å²) in [4.78, 5) is 37.1. The van der Waals surface area contributed by atoms with Crippen molar-refractivity contribution in [2.75, 3.05) is 33.3 Å². The largest absolute Gasteiger partial charge is 0.493 e. The van der Waals surface area contributed by atoms with E-state index in [2.05, 4.69) is 5.32 Å². The van der Waals surface area contributed by atoms with Crippen molar-refractivity contribution in [1.29, 1.82) is 0 Å². The summed E-state index contributed by atoms with van der Waals surface area (Å²) in [5, 5.41) is 2.93. The van der Waals surface area contributed by atoms with E-state index in [1.807, 2.05) is 0 Å². The average molecular weight is 448 g/mol. The van der Waals surface area contributed by atoms with Crippen molar-refractivity contribution in [3.8, 4) is 17.2 Å². The highest BCUT2D eigenvalue weighted by atomic mass is 32.1. The van der Waals surface area contributed by atoms with Crippen molar-refractivity contribution in [2.24, 2.45) is 0 Å². The number of anilines is 1. The summed E-state index contributed by atoms with van der Waals surface area (Å²) < 4.78 is 21.0. The minimum absolute atomic E-state index is 0.179. The lowest BCUT2D eigenvalue weighted by atomic mass is 10.1. The monoisotopic (exact) mass is 447 g/mol. The number of amides is 1. The number of hydrogen-bond acceptors (Lipinski definition) is 8.